The van der Waals surface area contributed by atoms with Gasteiger partial charge in [0.1, 0.15) is 0 Å². The van der Waals surface area contributed by atoms with Crippen molar-refractivity contribution >= 4 is 27.7 Å². The molecule has 0 saturated heterocycles. The van der Waals surface area contributed by atoms with Crippen LogP contribution in [0.5, 0.6) is 0 Å². The summed E-state index contributed by atoms with van der Waals surface area (Å²) in [6.45, 7) is 2.14. The fraction of sp³-hybridized carbons (Fsp3) is 0.250. The van der Waals surface area contributed by atoms with E-state index in [9.17, 15) is 0 Å². The van der Waals surface area contributed by atoms with E-state index >= 15 is 0 Å². The Morgan fingerprint density at radius 2 is 1.95 bits per heavy atom. The second kappa shape index (κ2) is 7.13. The highest BCUT2D eigenvalue weighted by Gasteiger charge is 2.07. The third-order valence-corrected chi connectivity index (χ3v) is 4.68. The molecule has 1 atom stereocenters. The molecule has 2 aromatic rings. The Morgan fingerprint density at radius 1 is 1.16 bits per heavy atom. The van der Waals surface area contributed by atoms with Crippen LogP contribution in [0.1, 0.15) is 11.1 Å². The van der Waals surface area contributed by atoms with Gasteiger partial charge in [-0.25, -0.2) is 0 Å². The van der Waals surface area contributed by atoms with Gasteiger partial charge in [0.05, 0.1) is 0 Å². The summed E-state index contributed by atoms with van der Waals surface area (Å²) < 4.78 is 1.12. The zero-order valence-corrected chi connectivity index (χ0v) is 13.4. The molecule has 0 amide bonds. The van der Waals surface area contributed by atoms with E-state index in [1.165, 1.54) is 16.0 Å². The highest BCUT2D eigenvalue weighted by Crippen LogP contribution is 2.23. The molecule has 19 heavy (non-hydrogen) atoms. The summed E-state index contributed by atoms with van der Waals surface area (Å²) in [5.74, 6) is 0.935. The van der Waals surface area contributed by atoms with Gasteiger partial charge >= 0.3 is 0 Å². The SMILES string of the molecule is Cc1ccccc1CC(N)CSc1cccc(Br)c1. The normalized spacial score (nSPS) is 12.4. The fourth-order valence-corrected chi connectivity index (χ4v) is 3.40. The van der Waals surface area contributed by atoms with Crippen LogP contribution >= 0.6 is 27.7 Å². The molecule has 0 aliphatic heterocycles. The maximum atomic E-state index is 6.23. The van der Waals surface area contributed by atoms with E-state index in [0.717, 1.165) is 16.6 Å². The zero-order chi connectivity index (χ0) is 13.7. The first-order chi connectivity index (χ1) is 9.15. The number of thioether (sulfide) groups is 1. The Hall–Kier alpha value is -0.770. The number of halogens is 1. The number of hydrogen-bond donors (Lipinski definition) is 1. The average molecular weight is 336 g/mol. The monoisotopic (exact) mass is 335 g/mol. The molecule has 0 aromatic heterocycles. The number of rotatable bonds is 5. The van der Waals surface area contributed by atoms with Gasteiger partial charge in [-0.05, 0) is 42.7 Å². The third-order valence-electron chi connectivity index (χ3n) is 3.00. The fourth-order valence-electron chi connectivity index (χ4n) is 1.94. The zero-order valence-electron chi connectivity index (χ0n) is 11.0. The van der Waals surface area contributed by atoms with E-state index in [2.05, 4.69) is 65.3 Å². The quantitative estimate of drug-likeness (QED) is 0.818. The van der Waals surface area contributed by atoms with Crippen molar-refractivity contribution < 1.29 is 0 Å². The second-order valence-corrected chi connectivity index (χ2v) is 6.67. The lowest BCUT2D eigenvalue weighted by Gasteiger charge is -2.13. The molecule has 0 aliphatic rings. The molecule has 0 radical (unpaired) electrons. The molecule has 2 aromatic carbocycles. The largest absolute Gasteiger partial charge is 0.327 e. The van der Waals surface area contributed by atoms with Crippen molar-refractivity contribution in [3.8, 4) is 0 Å². The standard InChI is InChI=1S/C16H18BrNS/c1-12-5-2-3-6-13(12)9-15(18)11-19-16-8-4-7-14(17)10-16/h2-8,10,15H,9,11,18H2,1H3. The number of hydrogen-bond acceptors (Lipinski definition) is 2. The van der Waals surface area contributed by atoms with E-state index in [1.54, 1.807) is 0 Å². The second-order valence-electron chi connectivity index (χ2n) is 4.66. The molecule has 0 bridgehead atoms. The van der Waals surface area contributed by atoms with E-state index in [1.807, 2.05) is 17.8 Å². The van der Waals surface area contributed by atoms with Crippen LogP contribution in [0.2, 0.25) is 0 Å². The Balaban J connectivity index is 1.88. The van der Waals surface area contributed by atoms with Crippen molar-refractivity contribution in [3.63, 3.8) is 0 Å². The molecule has 0 saturated carbocycles. The van der Waals surface area contributed by atoms with Gasteiger partial charge in [-0.3, -0.25) is 0 Å². The number of benzene rings is 2. The molecule has 1 nitrogen and oxygen atoms in total. The minimum atomic E-state index is 0.185. The molecular formula is C16H18BrNS. The van der Waals surface area contributed by atoms with Gasteiger partial charge in [0.25, 0.3) is 0 Å². The van der Waals surface area contributed by atoms with Gasteiger partial charge in [0, 0.05) is 21.2 Å². The van der Waals surface area contributed by atoms with E-state index in [4.69, 9.17) is 5.73 Å². The van der Waals surface area contributed by atoms with Gasteiger partial charge < -0.3 is 5.73 Å². The topological polar surface area (TPSA) is 26.0 Å². The molecular weight excluding hydrogens is 318 g/mol. The van der Waals surface area contributed by atoms with Crippen LogP contribution in [-0.2, 0) is 6.42 Å². The van der Waals surface area contributed by atoms with Crippen molar-refractivity contribution in [2.75, 3.05) is 5.75 Å². The smallest absolute Gasteiger partial charge is 0.0186 e. The van der Waals surface area contributed by atoms with Crippen LogP contribution in [0.25, 0.3) is 0 Å². The van der Waals surface area contributed by atoms with Gasteiger partial charge in [-0.15, -0.1) is 11.8 Å². The van der Waals surface area contributed by atoms with Crippen molar-refractivity contribution in [1.82, 2.24) is 0 Å². The molecule has 2 rings (SSSR count). The van der Waals surface area contributed by atoms with Crippen LogP contribution in [0, 0.1) is 6.92 Å². The molecule has 1 unspecified atom stereocenters. The van der Waals surface area contributed by atoms with Gasteiger partial charge in [0.15, 0.2) is 0 Å². The average Bonchev–Trinajstić information content (AvgIpc) is 2.39. The number of aryl methyl sites for hydroxylation is 1. The van der Waals surface area contributed by atoms with E-state index < -0.39 is 0 Å². The summed E-state index contributed by atoms with van der Waals surface area (Å²) in [4.78, 5) is 1.26. The predicted octanol–water partition coefficient (Wildman–Crippen LogP) is 4.42. The summed E-state index contributed by atoms with van der Waals surface area (Å²) in [7, 11) is 0. The summed E-state index contributed by atoms with van der Waals surface area (Å²) in [6.07, 6.45) is 0.938. The summed E-state index contributed by atoms with van der Waals surface area (Å²) >= 11 is 5.30. The maximum absolute atomic E-state index is 6.23. The van der Waals surface area contributed by atoms with Crippen molar-refractivity contribution in [2.45, 2.75) is 24.3 Å². The summed E-state index contributed by atoms with van der Waals surface area (Å²) in [5, 5.41) is 0. The first kappa shape index (κ1) is 14.6. The Kier molecular flexibility index (Phi) is 5.49. The molecule has 2 N–H and O–H groups in total. The van der Waals surface area contributed by atoms with Gasteiger partial charge in [-0.1, -0.05) is 46.3 Å². The summed E-state index contributed by atoms with van der Waals surface area (Å²) in [5.41, 5.74) is 8.90. The highest BCUT2D eigenvalue weighted by molar-refractivity contribution is 9.10. The Labute approximate surface area is 127 Å². The first-order valence-corrected chi connectivity index (χ1v) is 8.11. The lowest BCUT2D eigenvalue weighted by Crippen LogP contribution is -2.25. The molecule has 100 valence electrons. The van der Waals surface area contributed by atoms with E-state index in [0.29, 0.717) is 0 Å². The van der Waals surface area contributed by atoms with Crippen LogP contribution in [-0.4, -0.2) is 11.8 Å². The lowest BCUT2D eigenvalue weighted by atomic mass is 10.0. The van der Waals surface area contributed by atoms with Crippen molar-refractivity contribution in [1.29, 1.82) is 0 Å². The van der Waals surface area contributed by atoms with Crippen LogP contribution in [0.3, 0.4) is 0 Å². The van der Waals surface area contributed by atoms with Crippen LogP contribution in [0.15, 0.2) is 57.9 Å². The molecule has 3 heteroatoms. The third kappa shape index (κ3) is 4.68. The maximum Gasteiger partial charge on any atom is 0.0186 e. The van der Waals surface area contributed by atoms with Crippen molar-refractivity contribution in [3.05, 3.63) is 64.1 Å². The van der Waals surface area contributed by atoms with Gasteiger partial charge in [-0.2, -0.15) is 0 Å². The molecule has 0 fully saturated rings. The van der Waals surface area contributed by atoms with Gasteiger partial charge in [0.2, 0.25) is 0 Å². The summed E-state index contributed by atoms with van der Waals surface area (Å²) in [6, 6.07) is 17.0. The minimum Gasteiger partial charge on any atom is -0.327 e. The Bertz CT molecular complexity index is 542. The van der Waals surface area contributed by atoms with Crippen LogP contribution < -0.4 is 5.73 Å². The first-order valence-electron chi connectivity index (χ1n) is 6.33. The minimum absolute atomic E-state index is 0.185. The number of nitrogens with two attached hydrogens (primary N) is 1. The highest BCUT2D eigenvalue weighted by atomic mass is 79.9. The van der Waals surface area contributed by atoms with Crippen molar-refractivity contribution in [2.24, 2.45) is 5.73 Å². The molecule has 0 spiro atoms. The molecule has 0 heterocycles. The van der Waals surface area contributed by atoms with Crippen LogP contribution in [0.4, 0.5) is 0 Å². The van der Waals surface area contributed by atoms with E-state index in [-0.39, 0.29) is 6.04 Å². The lowest BCUT2D eigenvalue weighted by molar-refractivity contribution is 0.745. The molecule has 0 aliphatic carbocycles. The Morgan fingerprint density at radius 3 is 2.68 bits per heavy atom. The predicted molar refractivity (Wildman–Crippen MR) is 87.7 cm³/mol.